The van der Waals surface area contributed by atoms with E-state index in [0.29, 0.717) is 6.54 Å². The Morgan fingerprint density at radius 1 is 0.473 bits per heavy atom. The average Bonchev–Trinajstić information content (AvgIpc) is 3.63. The SMILES string of the molecule is CN1C(c2ccc3ccccc3c2)N1C(=NCc1ccccc1)c1cccc(-n2c3ccccc3c3cc4c5ccccc5n(-c5ccccc5)c4cc32)c1. The summed E-state index contributed by atoms with van der Waals surface area (Å²) in [6, 6.07) is 67.9. The first-order valence-corrected chi connectivity index (χ1v) is 18.9. The third-order valence-corrected chi connectivity index (χ3v) is 11.3. The van der Waals surface area contributed by atoms with Gasteiger partial charge in [-0.1, -0.05) is 133 Å². The van der Waals surface area contributed by atoms with Crippen LogP contribution in [0.2, 0.25) is 0 Å². The zero-order valence-electron chi connectivity index (χ0n) is 30.4. The molecule has 1 saturated heterocycles. The van der Waals surface area contributed by atoms with E-state index in [1.165, 1.54) is 65.5 Å². The molecule has 2 unspecified atom stereocenters. The lowest BCUT2D eigenvalue weighted by atomic mass is 10.1. The Balaban J connectivity index is 1.09. The molecule has 0 amide bonds. The maximum Gasteiger partial charge on any atom is 0.147 e. The van der Waals surface area contributed by atoms with Crippen molar-refractivity contribution in [2.24, 2.45) is 4.99 Å². The van der Waals surface area contributed by atoms with Gasteiger partial charge in [-0.3, -0.25) is 10.0 Å². The van der Waals surface area contributed by atoms with Gasteiger partial charge in [0.25, 0.3) is 0 Å². The molecule has 10 aromatic rings. The highest BCUT2D eigenvalue weighted by molar-refractivity contribution is 6.19. The molecule has 11 rings (SSSR count). The fraction of sp³-hybridized carbons (Fsp3) is 0.0600. The van der Waals surface area contributed by atoms with Gasteiger partial charge in [-0.25, -0.2) is 0 Å². The van der Waals surface area contributed by atoms with Crippen LogP contribution in [0.3, 0.4) is 0 Å². The summed E-state index contributed by atoms with van der Waals surface area (Å²) in [7, 11) is 2.16. The van der Waals surface area contributed by atoms with Crippen LogP contribution in [0, 0.1) is 0 Å². The monoisotopic (exact) mass is 707 g/mol. The molecule has 8 aromatic carbocycles. The van der Waals surface area contributed by atoms with Gasteiger partial charge in [0.05, 0.1) is 28.6 Å². The third-order valence-electron chi connectivity index (χ3n) is 11.3. The zero-order valence-corrected chi connectivity index (χ0v) is 30.4. The summed E-state index contributed by atoms with van der Waals surface area (Å²) in [6.45, 7) is 0.590. The van der Waals surface area contributed by atoms with Gasteiger partial charge >= 0.3 is 0 Å². The molecular formula is C50H37N5. The Morgan fingerprint density at radius 2 is 1.07 bits per heavy atom. The Bertz CT molecular complexity index is 3100. The van der Waals surface area contributed by atoms with Crippen LogP contribution in [0.15, 0.2) is 193 Å². The summed E-state index contributed by atoms with van der Waals surface area (Å²) < 4.78 is 4.84. The van der Waals surface area contributed by atoms with Crippen molar-refractivity contribution in [3.05, 3.63) is 205 Å². The molecule has 5 nitrogen and oxygen atoms in total. The number of aromatic nitrogens is 2. The molecule has 2 atom stereocenters. The molecule has 0 saturated carbocycles. The van der Waals surface area contributed by atoms with Crippen molar-refractivity contribution in [3.8, 4) is 11.4 Å². The summed E-state index contributed by atoms with van der Waals surface area (Å²) in [6.07, 6.45) is 0.0872. The lowest BCUT2D eigenvalue weighted by Gasteiger charge is -2.14. The minimum Gasteiger partial charge on any atom is -0.309 e. The summed E-state index contributed by atoms with van der Waals surface area (Å²) in [5, 5.41) is 12.1. The molecular weight excluding hydrogens is 671 g/mol. The van der Waals surface area contributed by atoms with Crippen molar-refractivity contribution < 1.29 is 0 Å². The van der Waals surface area contributed by atoms with Crippen LogP contribution in [0.1, 0.15) is 22.9 Å². The molecule has 55 heavy (non-hydrogen) atoms. The summed E-state index contributed by atoms with van der Waals surface area (Å²) in [4.78, 5) is 5.36. The van der Waals surface area contributed by atoms with Crippen LogP contribution in [-0.2, 0) is 6.54 Å². The molecule has 0 radical (unpaired) electrons. The lowest BCUT2D eigenvalue weighted by Crippen LogP contribution is -2.17. The van der Waals surface area contributed by atoms with Gasteiger partial charge in [-0.2, -0.15) is 5.01 Å². The Kier molecular flexibility index (Phi) is 7.22. The van der Waals surface area contributed by atoms with E-state index in [1.807, 2.05) is 0 Å². The highest BCUT2D eigenvalue weighted by atomic mass is 15.9. The first-order valence-electron chi connectivity index (χ1n) is 18.9. The van der Waals surface area contributed by atoms with Crippen molar-refractivity contribution in [1.82, 2.24) is 19.2 Å². The summed E-state index contributed by atoms with van der Waals surface area (Å²) in [5.74, 6) is 0.957. The van der Waals surface area contributed by atoms with E-state index in [1.54, 1.807) is 0 Å². The molecule has 1 aliphatic heterocycles. The van der Waals surface area contributed by atoms with Crippen LogP contribution in [-0.4, -0.2) is 32.0 Å². The first-order chi connectivity index (χ1) is 27.2. The smallest absolute Gasteiger partial charge is 0.147 e. The topological polar surface area (TPSA) is 28.2 Å². The quantitative estimate of drug-likeness (QED) is 0.0978. The molecule has 1 fully saturated rings. The molecule has 1 aliphatic rings. The number of hydrogen-bond acceptors (Lipinski definition) is 2. The summed E-state index contributed by atoms with van der Waals surface area (Å²) in [5.41, 5.74) is 10.5. The van der Waals surface area contributed by atoms with Crippen LogP contribution < -0.4 is 0 Å². The second-order valence-electron chi connectivity index (χ2n) is 14.5. The number of para-hydroxylation sites is 3. The minimum absolute atomic E-state index is 0.0872. The predicted octanol–water partition coefficient (Wildman–Crippen LogP) is 11.8. The Hall–Kier alpha value is -6.95. The van der Waals surface area contributed by atoms with Crippen LogP contribution in [0.5, 0.6) is 0 Å². The van der Waals surface area contributed by atoms with Gasteiger partial charge in [0.1, 0.15) is 12.0 Å². The standard InChI is InChI=1S/C50H37N5/c1-52-50(38-28-27-35-17-8-9-18-36(35)29-38)55(52)49(51-33-34-15-4-2-5-16-34)37-19-14-22-40(30-37)54-46-26-13-11-24-42(46)44-31-43-41-23-10-12-25-45(41)53(47(43)32-48(44)54)39-20-6-3-7-21-39/h2-32,50H,33H2,1H3. The molecule has 5 heteroatoms. The van der Waals surface area contributed by atoms with Crippen molar-refractivity contribution in [2.45, 2.75) is 12.7 Å². The van der Waals surface area contributed by atoms with Crippen LogP contribution >= 0.6 is 0 Å². The van der Waals surface area contributed by atoms with Gasteiger partial charge in [0.2, 0.25) is 0 Å². The fourth-order valence-corrected chi connectivity index (χ4v) is 8.64. The third kappa shape index (κ3) is 5.16. The fourth-order valence-electron chi connectivity index (χ4n) is 8.64. The Labute approximate surface area is 319 Å². The number of rotatable bonds is 6. The predicted molar refractivity (Wildman–Crippen MR) is 228 cm³/mol. The highest BCUT2D eigenvalue weighted by Crippen LogP contribution is 2.43. The van der Waals surface area contributed by atoms with E-state index >= 15 is 0 Å². The molecule has 2 aromatic heterocycles. The van der Waals surface area contributed by atoms with Crippen LogP contribution in [0.25, 0.3) is 65.8 Å². The number of nitrogens with zero attached hydrogens (tertiary/aromatic N) is 5. The number of aliphatic imine (C=N–C) groups is 1. The highest BCUT2D eigenvalue weighted by Gasteiger charge is 2.46. The van der Waals surface area contributed by atoms with Crippen molar-refractivity contribution >= 4 is 60.2 Å². The normalized spacial score (nSPS) is 15.9. The molecule has 3 heterocycles. The largest absolute Gasteiger partial charge is 0.309 e. The first kappa shape index (κ1) is 31.6. The van der Waals surface area contributed by atoms with Crippen molar-refractivity contribution in [1.29, 1.82) is 0 Å². The number of amidine groups is 1. The van der Waals surface area contributed by atoms with Gasteiger partial charge in [-0.05, 0) is 76.5 Å². The van der Waals surface area contributed by atoms with E-state index in [4.69, 9.17) is 4.99 Å². The van der Waals surface area contributed by atoms with E-state index in [0.717, 1.165) is 22.8 Å². The molecule has 0 spiro atoms. The lowest BCUT2D eigenvalue weighted by molar-refractivity contribution is 0.478. The maximum absolute atomic E-state index is 5.36. The molecule has 262 valence electrons. The summed E-state index contributed by atoms with van der Waals surface area (Å²) >= 11 is 0. The van der Waals surface area contributed by atoms with Gasteiger partial charge in [0.15, 0.2) is 0 Å². The average molecular weight is 708 g/mol. The van der Waals surface area contributed by atoms with Crippen molar-refractivity contribution in [2.75, 3.05) is 7.05 Å². The van der Waals surface area contributed by atoms with E-state index in [2.05, 4.69) is 214 Å². The molecule has 0 N–H and O–H groups in total. The van der Waals surface area contributed by atoms with Gasteiger partial charge < -0.3 is 9.13 Å². The van der Waals surface area contributed by atoms with E-state index in [9.17, 15) is 0 Å². The van der Waals surface area contributed by atoms with E-state index < -0.39 is 0 Å². The number of hydrogen-bond donors (Lipinski definition) is 0. The number of fused-ring (bicyclic) bond motifs is 7. The maximum atomic E-state index is 5.36. The van der Waals surface area contributed by atoms with Gasteiger partial charge in [-0.15, -0.1) is 0 Å². The molecule has 0 aliphatic carbocycles. The van der Waals surface area contributed by atoms with Gasteiger partial charge in [0, 0.05) is 45.5 Å². The van der Waals surface area contributed by atoms with Crippen molar-refractivity contribution in [3.63, 3.8) is 0 Å². The second kappa shape index (κ2) is 12.6. The minimum atomic E-state index is 0.0872. The number of hydrazine groups is 1. The Morgan fingerprint density at radius 3 is 1.80 bits per heavy atom. The van der Waals surface area contributed by atoms with Crippen LogP contribution in [0.4, 0.5) is 0 Å². The second-order valence-corrected chi connectivity index (χ2v) is 14.5. The van der Waals surface area contributed by atoms with E-state index in [-0.39, 0.29) is 6.17 Å². The number of benzene rings is 8. The zero-order chi connectivity index (χ0) is 36.5. The molecule has 0 bridgehead atoms.